The molecule has 9 heteroatoms. The minimum absolute atomic E-state index is 0.113. The van der Waals surface area contributed by atoms with Crippen molar-refractivity contribution in [1.82, 2.24) is 9.21 Å². The summed E-state index contributed by atoms with van der Waals surface area (Å²) in [5.74, 6) is 0. The lowest BCUT2D eigenvalue weighted by Gasteiger charge is -2.34. The molecule has 0 radical (unpaired) electrons. The number of hydrogen-bond donors (Lipinski definition) is 0. The molecule has 1 heterocycles. The Labute approximate surface area is 177 Å². The van der Waals surface area contributed by atoms with Crippen molar-refractivity contribution in [3.63, 3.8) is 0 Å². The molecule has 0 bridgehead atoms. The fourth-order valence-electron chi connectivity index (χ4n) is 4.29. The van der Waals surface area contributed by atoms with E-state index in [1.807, 2.05) is 0 Å². The monoisotopic (exact) mass is 448 g/mol. The van der Waals surface area contributed by atoms with Gasteiger partial charge in [0.2, 0.25) is 10.0 Å². The number of nitrogens with zero attached hydrogens (tertiary/aromatic N) is 2. The van der Waals surface area contributed by atoms with Crippen LogP contribution in [0.4, 0.5) is 13.2 Å². The van der Waals surface area contributed by atoms with Crippen molar-refractivity contribution < 1.29 is 26.3 Å². The molecule has 0 atom stereocenters. The molecule has 0 aromatic heterocycles. The molecule has 1 saturated heterocycles. The van der Waals surface area contributed by atoms with Crippen LogP contribution in [0.5, 0.6) is 0 Å². The third-order valence-electron chi connectivity index (χ3n) is 6.23. The lowest BCUT2D eigenvalue weighted by molar-refractivity contribution is -0.137. The molecule has 1 aromatic rings. The van der Waals surface area contributed by atoms with Crippen molar-refractivity contribution in [1.29, 1.82) is 0 Å². The van der Waals surface area contributed by atoms with Crippen molar-refractivity contribution in [2.24, 2.45) is 0 Å². The number of rotatable bonds is 7. The van der Waals surface area contributed by atoms with Gasteiger partial charge in [0.1, 0.15) is 0 Å². The maximum atomic E-state index is 12.8. The first-order valence-corrected chi connectivity index (χ1v) is 12.1. The van der Waals surface area contributed by atoms with E-state index in [4.69, 9.17) is 4.74 Å². The molecular weight excluding hydrogens is 417 g/mol. The van der Waals surface area contributed by atoms with E-state index >= 15 is 0 Å². The normalized spacial score (nSPS) is 24.3. The van der Waals surface area contributed by atoms with Crippen LogP contribution in [0.15, 0.2) is 29.2 Å². The molecule has 1 aromatic carbocycles. The zero-order chi connectivity index (χ0) is 21.8. The van der Waals surface area contributed by atoms with Gasteiger partial charge in [-0.05, 0) is 75.9 Å². The summed E-state index contributed by atoms with van der Waals surface area (Å²) >= 11 is 0. The second-order valence-corrected chi connectivity index (χ2v) is 10.2. The standard InChI is InChI=1S/C21H31F3N2O3S/c1-25(30(27,28)20-11-5-17(6-12-20)21(22,23)24)18-7-9-19(10-8-18)29-16-15-26-13-3-2-4-14-26/h5-6,11-12,18-19H,2-4,7-10,13-16H2,1H3/t18-,19-. The number of piperidine rings is 1. The van der Waals surface area contributed by atoms with Crippen molar-refractivity contribution in [3.8, 4) is 0 Å². The summed E-state index contributed by atoms with van der Waals surface area (Å²) in [5.41, 5.74) is -0.855. The summed E-state index contributed by atoms with van der Waals surface area (Å²) in [6.45, 7) is 3.93. The van der Waals surface area contributed by atoms with Crippen LogP contribution in [0.3, 0.4) is 0 Å². The Hall–Kier alpha value is -1.16. The molecule has 5 nitrogen and oxygen atoms in total. The van der Waals surface area contributed by atoms with Crippen molar-refractivity contribution in [3.05, 3.63) is 29.8 Å². The maximum absolute atomic E-state index is 12.8. The molecule has 1 saturated carbocycles. The first-order chi connectivity index (χ1) is 14.2. The quantitative estimate of drug-likeness (QED) is 0.629. The first kappa shape index (κ1) is 23.5. The molecule has 2 fully saturated rings. The lowest BCUT2D eigenvalue weighted by atomic mass is 9.93. The van der Waals surface area contributed by atoms with E-state index in [1.165, 1.54) is 30.6 Å². The van der Waals surface area contributed by atoms with Gasteiger partial charge in [0.15, 0.2) is 0 Å². The molecule has 3 rings (SSSR count). The van der Waals surface area contributed by atoms with Gasteiger partial charge in [-0.1, -0.05) is 6.42 Å². The summed E-state index contributed by atoms with van der Waals surface area (Å²) in [7, 11) is -2.32. The van der Waals surface area contributed by atoms with E-state index in [0.29, 0.717) is 19.4 Å². The first-order valence-electron chi connectivity index (χ1n) is 10.7. The average molecular weight is 449 g/mol. The summed E-state index contributed by atoms with van der Waals surface area (Å²) in [6, 6.07) is 3.52. The van der Waals surface area contributed by atoms with Gasteiger partial charge in [-0.3, -0.25) is 0 Å². The molecule has 0 amide bonds. The molecular formula is C21H31F3N2O3S. The van der Waals surface area contributed by atoms with E-state index < -0.39 is 21.8 Å². The van der Waals surface area contributed by atoms with E-state index in [0.717, 1.165) is 56.7 Å². The molecule has 0 N–H and O–H groups in total. The van der Waals surface area contributed by atoms with E-state index in [9.17, 15) is 21.6 Å². The number of sulfonamides is 1. The van der Waals surface area contributed by atoms with Gasteiger partial charge >= 0.3 is 6.18 Å². The average Bonchev–Trinajstić information content (AvgIpc) is 2.74. The number of benzene rings is 1. The fourth-order valence-corrected chi connectivity index (χ4v) is 5.70. The van der Waals surface area contributed by atoms with Gasteiger partial charge in [-0.15, -0.1) is 0 Å². The Kier molecular flexibility index (Phi) is 7.81. The molecule has 1 aliphatic carbocycles. The number of hydrogen-bond acceptors (Lipinski definition) is 4. The summed E-state index contributed by atoms with van der Waals surface area (Å²) < 4.78 is 71.1. The van der Waals surface area contributed by atoms with Crippen molar-refractivity contribution >= 4 is 10.0 Å². The van der Waals surface area contributed by atoms with Crippen LogP contribution in [-0.2, 0) is 20.9 Å². The van der Waals surface area contributed by atoms with Gasteiger partial charge in [0.05, 0.1) is 23.2 Å². The third-order valence-corrected chi connectivity index (χ3v) is 8.15. The third kappa shape index (κ3) is 5.96. The minimum atomic E-state index is -4.49. The van der Waals surface area contributed by atoms with Gasteiger partial charge in [-0.25, -0.2) is 8.42 Å². The highest BCUT2D eigenvalue weighted by atomic mass is 32.2. The molecule has 170 valence electrons. The highest BCUT2D eigenvalue weighted by Gasteiger charge is 2.34. The summed E-state index contributed by atoms with van der Waals surface area (Å²) in [4.78, 5) is 2.32. The van der Waals surface area contributed by atoms with Crippen molar-refractivity contribution in [2.45, 2.75) is 68.2 Å². The molecule has 2 aliphatic rings. The zero-order valence-electron chi connectivity index (χ0n) is 17.4. The van der Waals surface area contributed by atoms with Crippen LogP contribution in [-0.4, -0.2) is 63.1 Å². The molecule has 1 aliphatic heterocycles. The highest BCUT2D eigenvalue weighted by molar-refractivity contribution is 7.89. The number of halogens is 3. The molecule has 30 heavy (non-hydrogen) atoms. The molecule has 0 spiro atoms. The fraction of sp³-hybridized carbons (Fsp3) is 0.714. The topological polar surface area (TPSA) is 49.9 Å². The molecule has 0 unspecified atom stereocenters. The highest BCUT2D eigenvalue weighted by Crippen LogP contribution is 2.32. The van der Waals surface area contributed by atoms with Crippen LogP contribution in [0.2, 0.25) is 0 Å². The van der Waals surface area contributed by atoms with E-state index in [-0.39, 0.29) is 17.0 Å². The maximum Gasteiger partial charge on any atom is 0.416 e. The van der Waals surface area contributed by atoms with Crippen LogP contribution >= 0.6 is 0 Å². The Bertz CT molecular complexity index is 770. The predicted octanol–water partition coefficient (Wildman–Crippen LogP) is 4.14. The van der Waals surface area contributed by atoms with Crippen LogP contribution in [0.1, 0.15) is 50.5 Å². The van der Waals surface area contributed by atoms with Gasteiger partial charge in [0, 0.05) is 19.6 Å². The van der Waals surface area contributed by atoms with Gasteiger partial charge in [-0.2, -0.15) is 17.5 Å². The smallest absolute Gasteiger partial charge is 0.377 e. The van der Waals surface area contributed by atoms with Crippen LogP contribution < -0.4 is 0 Å². The Morgan fingerprint density at radius 2 is 1.63 bits per heavy atom. The lowest BCUT2D eigenvalue weighted by Crippen LogP contribution is -2.41. The summed E-state index contributed by atoms with van der Waals surface area (Å²) in [5, 5.41) is 0. The number of alkyl halides is 3. The number of likely N-dealkylation sites (tertiary alicyclic amines) is 1. The number of ether oxygens (including phenoxy) is 1. The second kappa shape index (κ2) is 9.97. The summed E-state index contributed by atoms with van der Waals surface area (Å²) in [6.07, 6.45) is 2.43. The van der Waals surface area contributed by atoms with E-state index in [2.05, 4.69) is 4.90 Å². The predicted molar refractivity (Wildman–Crippen MR) is 109 cm³/mol. The van der Waals surface area contributed by atoms with Crippen molar-refractivity contribution in [2.75, 3.05) is 33.3 Å². The minimum Gasteiger partial charge on any atom is -0.377 e. The Morgan fingerprint density at radius 3 is 2.20 bits per heavy atom. The van der Waals surface area contributed by atoms with E-state index in [1.54, 1.807) is 0 Å². The van der Waals surface area contributed by atoms with Gasteiger partial charge < -0.3 is 9.64 Å². The zero-order valence-corrected chi connectivity index (χ0v) is 18.2. The Balaban J connectivity index is 1.48. The van der Waals surface area contributed by atoms with Gasteiger partial charge in [0.25, 0.3) is 0 Å². The van der Waals surface area contributed by atoms with Crippen LogP contribution in [0.25, 0.3) is 0 Å². The van der Waals surface area contributed by atoms with Crippen LogP contribution in [0, 0.1) is 0 Å². The second-order valence-electron chi connectivity index (χ2n) is 8.25. The SMILES string of the molecule is CN([C@H]1CC[C@H](OCCN2CCCCC2)CC1)S(=O)(=O)c1ccc(C(F)(F)F)cc1. The Morgan fingerprint density at radius 1 is 1.03 bits per heavy atom. The largest absolute Gasteiger partial charge is 0.416 e.